The average molecular weight is 223 g/mol. The fourth-order valence-electron chi connectivity index (χ4n) is 2.58. The largest absolute Gasteiger partial charge is 0.481 e. The van der Waals surface area contributed by atoms with Gasteiger partial charge in [0.25, 0.3) is 0 Å². The topological polar surface area (TPSA) is 40.5 Å². The van der Waals surface area contributed by atoms with Crippen LogP contribution in [0.1, 0.15) is 26.7 Å². The molecule has 2 atom stereocenters. The number of likely N-dealkylation sites (tertiary alicyclic amines) is 1. The number of nitrogens with zero attached hydrogens (tertiary/aromatic N) is 1. The molecule has 2 radical (unpaired) electrons. The molecule has 1 heterocycles. The van der Waals surface area contributed by atoms with Gasteiger partial charge in [0.05, 0.1) is 13.8 Å². The van der Waals surface area contributed by atoms with Crippen molar-refractivity contribution in [3.05, 3.63) is 0 Å². The van der Waals surface area contributed by atoms with Crippen LogP contribution in [0.3, 0.4) is 0 Å². The molecule has 0 aromatic rings. The fourth-order valence-corrected chi connectivity index (χ4v) is 2.58. The Morgan fingerprint density at radius 2 is 2.19 bits per heavy atom. The third-order valence-electron chi connectivity index (χ3n) is 3.24. The number of carbonyl (C=O) groups is 1. The first-order valence-corrected chi connectivity index (χ1v) is 6.19. The third-order valence-corrected chi connectivity index (χ3v) is 3.24. The molecule has 1 fully saturated rings. The van der Waals surface area contributed by atoms with Crippen LogP contribution in [0.5, 0.6) is 0 Å². The third kappa shape index (κ3) is 3.82. The minimum Gasteiger partial charge on any atom is -0.481 e. The van der Waals surface area contributed by atoms with Crippen LogP contribution in [0.25, 0.3) is 0 Å². The summed E-state index contributed by atoms with van der Waals surface area (Å²) in [5.74, 6) is 0.0566. The highest BCUT2D eigenvalue weighted by Gasteiger charge is 2.36. The molecule has 0 aromatic carbocycles. The van der Waals surface area contributed by atoms with Gasteiger partial charge >= 0.3 is 5.97 Å². The second-order valence-electron chi connectivity index (χ2n) is 5.25. The van der Waals surface area contributed by atoms with Gasteiger partial charge in [-0.3, -0.25) is 4.79 Å². The highest BCUT2D eigenvalue weighted by molar-refractivity contribution is 6.08. The van der Waals surface area contributed by atoms with Crippen LogP contribution < -0.4 is 0 Å². The predicted molar refractivity (Wildman–Crippen MR) is 65.7 cm³/mol. The van der Waals surface area contributed by atoms with E-state index in [0.29, 0.717) is 24.7 Å². The lowest BCUT2D eigenvalue weighted by molar-refractivity contribution is -0.142. The van der Waals surface area contributed by atoms with Gasteiger partial charge in [0.1, 0.15) is 0 Å². The first kappa shape index (κ1) is 13.6. The minimum absolute atomic E-state index is 0.190. The van der Waals surface area contributed by atoms with Gasteiger partial charge in [-0.05, 0) is 18.3 Å². The number of hydrogen-bond acceptors (Lipinski definition) is 2. The first-order chi connectivity index (χ1) is 7.54. The number of rotatable bonds is 6. The van der Waals surface area contributed by atoms with Crippen LogP contribution >= 0.6 is 0 Å². The first-order valence-electron chi connectivity index (χ1n) is 6.19. The average Bonchev–Trinajstić information content (AvgIpc) is 2.57. The predicted octanol–water partition coefficient (Wildman–Crippen LogP) is 1.64. The standard InChI is InChI=1S/C12H22BNO2/c1-9(2)6-14-7-10(4-3-5-13)11(8-14)12(15)16/h9-11H,3-8H2,1-2H3,(H,15,16)/t10-,11+/m0/s1. The summed E-state index contributed by atoms with van der Waals surface area (Å²) in [5, 5.41) is 9.18. The van der Waals surface area contributed by atoms with E-state index in [0.717, 1.165) is 25.9 Å². The second-order valence-corrected chi connectivity index (χ2v) is 5.25. The summed E-state index contributed by atoms with van der Waals surface area (Å²) in [6.45, 7) is 6.98. The van der Waals surface area contributed by atoms with Crippen LogP contribution in [-0.2, 0) is 4.79 Å². The smallest absolute Gasteiger partial charge is 0.308 e. The van der Waals surface area contributed by atoms with E-state index in [9.17, 15) is 9.90 Å². The van der Waals surface area contributed by atoms with Gasteiger partial charge in [0.2, 0.25) is 0 Å². The molecular weight excluding hydrogens is 201 g/mol. The van der Waals surface area contributed by atoms with Crippen molar-refractivity contribution in [1.82, 2.24) is 4.90 Å². The fraction of sp³-hybridized carbons (Fsp3) is 0.917. The Labute approximate surface area is 99.6 Å². The molecule has 0 spiro atoms. The van der Waals surface area contributed by atoms with E-state index in [4.69, 9.17) is 7.85 Å². The van der Waals surface area contributed by atoms with E-state index >= 15 is 0 Å². The monoisotopic (exact) mass is 223 g/mol. The molecular formula is C12H22BNO2. The molecule has 16 heavy (non-hydrogen) atoms. The highest BCUT2D eigenvalue weighted by atomic mass is 16.4. The van der Waals surface area contributed by atoms with E-state index in [2.05, 4.69) is 18.7 Å². The van der Waals surface area contributed by atoms with Crippen LogP contribution in [0.2, 0.25) is 6.32 Å². The highest BCUT2D eigenvalue weighted by Crippen LogP contribution is 2.28. The Morgan fingerprint density at radius 3 is 2.69 bits per heavy atom. The zero-order chi connectivity index (χ0) is 12.1. The van der Waals surface area contributed by atoms with Crippen molar-refractivity contribution < 1.29 is 9.90 Å². The summed E-state index contributed by atoms with van der Waals surface area (Å²) in [4.78, 5) is 13.4. The van der Waals surface area contributed by atoms with E-state index < -0.39 is 5.97 Å². The molecule has 0 unspecified atom stereocenters. The zero-order valence-corrected chi connectivity index (χ0v) is 10.4. The lowest BCUT2D eigenvalue weighted by Crippen LogP contribution is -2.26. The molecule has 1 N–H and O–H groups in total. The van der Waals surface area contributed by atoms with Gasteiger partial charge in [0, 0.05) is 19.6 Å². The van der Waals surface area contributed by atoms with Gasteiger partial charge in [-0.1, -0.05) is 26.6 Å². The number of carboxylic acid groups (broad SMARTS) is 1. The molecule has 0 aliphatic carbocycles. The molecule has 1 aliphatic heterocycles. The van der Waals surface area contributed by atoms with E-state index in [1.807, 2.05) is 0 Å². The number of hydrogen-bond donors (Lipinski definition) is 1. The summed E-state index contributed by atoms with van der Waals surface area (Å²) >= 11 is 0. The Kier molecular flexibility index (Phi) is 5.33. The molecule has 0 amide bonds. The van der Waals surface area contributed by atoms with Crippen molar-refractivity contribution in [2.24, 2.45) is 17.8 Å². The normalized spacial score (nSPS) is 26.4. The van der Waals surface area contributed by atoms with Crippen LogP contribution in [0.4, 0.5) is 0 Å². The Morgan fingerprint density at radius 1 is 1.50 bits per heavy atom. The van der Waals surface area contributed by atoms with Gasteiger partial charge in [-0.15, -0.1) is 0 Å². The molecule has 4 heteroatoms. The molecule has 90 valence electrons. The van der Waals surface area contributed by atoms with Gasteiger partial charge < -0.3 is 10.0 Å². The van der Waals surface area contributed by atoms with E-state index in [-0.39, 0.29) is 5.92 Å². The van der Waals surface area contributed by atoms with Crippen molar-refractivity contribution in [2.45, 2.75) is 33.0 Å². The van der Waals surface area contributed by atoms with Gasteiger partial charge in [-0.2, -0.15) is 0 Å². The van der Waals surface area contributed by atoms with Gasteiger partial charge in [-0.25, -0.2) is 0 Å². The molecule has 0 saturated carbocycles. The molecule has 3 nitrogen and oxygen atoms in total. The summed E-state index contributed by atoms with van der Waals surface area (Å²) < 4.78 is 0. The van der Waals surface area contributed by atoms with Crippen LogP contribution in [-0.4, -0.2) is 43.5 Å². The Bertz CT molecular complexity index is 233. The van der Waals surface area contributed by atoms with Crippen molar-refractivity contribution in [3.63, 3.8) is 0 Å². The van der Waals surface area contributed by atoms with Crippen LogP contribution in [0.15, 0.2) is 0 Å². The Balaban J connectivity index is 2.50. The summed E-state index contributed by atoms with van der Waals surface area (Å²) in [6.07, 6.45) is 2.54. The SMILES string of the molecule is [B]CCC[C@H]1CN(CC(C)C)C[C@H]1C(=O)O. The Hall–Kier alpha value is -0.505. The summed E-state index contributed by atoms with van der Waals surface area (Å²) in [6, 6.07) is 0. The summed E-state index contributed by atoms with van der Waals surface area (Å²) in [7, 11) is 5.48. The number of aliphatic carboxylic acids is 1. The quantitative estimate of drug-likeness (QED) is 0.696. The zero-order valence-electron chi connectivity index (χ0n) is 10.4. The van der Waals surface area contributed by atoms with E-state index in [1.54, 1.807) is 0 Å². The molecule has 1 rings (SSSR count). The van der Waals surface area contributed by atoms with Crippen molar-refractivity contribution >= 4 is 13.8 Å². The molecule has 0 aromatic heterocycles. The molecule has 1 saturated heterocycles. The maximum Gasteiger partial charge on any atom is 0.308 e. The maximum atomic E-state index is 11.1. The van der Waals surface area contributed by atoms with Crippen molar-refractivity contribution in [2.75, 3.05) is 19.6 Å². The molecule has 1 aliphatic rings. The lowest BCUT2D eigenvalue weighted by atomic mass is 9.88. The lowest BCUT2D eigenvalue weighted by Gasteiger charge is -2.17. The second kappa shape index (κ2) is 6.28. The van der Waals surface area contributed by atoms with Crippen LogP contribution in [0, 0.1) is 17.8 Å². The van der Waals surface area contributed by atoms with Crippen molar-refractivity contribution in [3.8, 4) is 0 Å². The minimum atomic E-state index is -0.645. The van der Waals surface area contributed by atoms with E-state index in [1.165, 1.54) is 0 Å². The summed E-state index contributed by atoms with van der Waals surface area (Å²) in [5.41, 5.74) is 0. The number of carboxylic acids is 1. The van der Waals surface area contributed by atoms with Crippen molar-refractivity contribution in [1.29, 1.82) is 0 Å². The maximum absolute atomic E-state index is 11.1. The molecule has 0 bridgehead atoms. The van der Waals surface area contributed by atoms with Gasteiger partial charge in [0.15, 0.2) is 0 Å².